The van der Waals surface area contributed by atoms with Gasteiger partial charge in [-0.3, -0.25) is 4.98 Å². The Labute approximate surface area is 85.7 Å². The first kappa shape index (κ1) is 11.0. The average molecular weight is 209 g/mol. The molecule has 6 nitrogen and oxygen atoms in total. The Hall–Kier alpha value is -2.11. The van der Waals surface area contributed by atoms with Crippen LogP contribution >= 0.6 is 0 Å². The van der Waals surface area contributed by atoms with Gasteiger partial charge in [0.05, 0.1) is 0 Å². The first-order valence-corrected chi connectivity index (χ1v) is 4.29. The number of nitrogens with zero attached hydrogens (tertiary/aromatic N) is 2. The summed E-state index contributed by atoms with van der Waals surface area (Å²) < 4.78 is 1.03. The van der Waals surface area contributed by atoms with E-state index in [4.69, 9.17) is 0 Å². The summed E-state index contributed by atoms with van der Waals surface area (Å²) >= 11 is 0. The second kappa shape index (κ2) is 4.41. The summed E-state index contributed by atoms with van der Waals surface area (Å²) in [5, 5.41) is 10.8. The summed E-state index contributed by atoms with van der Waals surface area (Å²) in [5.74, 6) is -0.222. The van der Waals surface area contributed by atoms with Crippen molar-refractivity contribution in [3.8, 4) is 0 Å². The van der Waals surface area contributed by atoms with Crippen molar-refractivity contribution in [3.63, 3.8) is 0 Å². The van der Waals surface area contributed by atoms with Crippen LogP contribution in [0.15, 0.2) is 30.1 Å². The van der Waals surface area contributed by atoms with E-state index < -0.39 is 10.6 Å². The Kier molecular flexibility index (Phi) is 3.22. The third-order valence-electron chi connectivity index (χ3n) is 1.86. The SMILES string of the molecule is C=CCc1[nH]c(=O)n(CC=C)c1[N+](=O)[O-]. The van der Waals surface area contributed by atoms with E-state index in [0.29, 0.717) is 0 Å². The summed E-state index contributed by atoms with van der Waals surface area (Å²) in [6, 6.07) is 0. The van der Waals surface area contributed by atoms with Gasteiger partial charge in [0, 0.05) is 6.42 Å². The van der Waals surface area contributed by atoms with Crippen LogP contribution in [0.25, 0.3) is 0 Å². The first-order chi connectivity index (χ1) is 7.11. The largest absolute Gasteiger partial charge is 0.413 e. The quantitative estimate of drug-likeness (QED) is 0.446. The molecule has 1 heterocycles. The lowest BCUT2D eigenvalue weighted by molar-refractivity contribution is -0.392. The van der Waals surface area contributed by atoms with E-state index in [0.717, 1.165) is 4.57 Å². The zero-order valence-electron chi connectivity index (χ0n) is 8.10. The molecule has 0 amide bonds. The van der Waals surface area contributed by atoms with Gasteiger partial charge in [-0.1, -0.05) is 18.7 Å². The van der Waals surface area contributed by atoms with Crippen molar-refractivity contribution in [2.75, 3.05) is 0 Å². The molecule has 6 heteroatoms. The summed E-state index contributed by atoms with van der Waals surface area (Å²) in [7, 11) is 0. The number of aromatic amines is 1. The van der Waals surface area contributed by atoms with Crippen LogP contribution in [0.2, 0.25) is 0 Å². The van der Waals surface area contributed by atoms with Crippen molar-refractivity contribution in [2.24, 2.45) is 0 Å². The van der Waals surface area contributed by atoms with Crippen LogP contribution in [0.1, 0.15) is 5.69 Å². The minimum Gasteiger partial charge on any atom is -0.358 e. The van der Waals surface area contributed by atoms with Crippen molar-refractivity contribution >= 4 is 5.82 Å². The number of imidazole rings is 1. The van der Waals surface area contributed by atoms with E-state index in [1.807, 2.05) is 0 Å². The van der Waals surface area contributed by atoms with E-state index in [1.54, 1.807) is 0 Å². The molecule has 1 N–H and O–H groups in total. The predicted octanol–water partition coefficient (Wildman–Crippen LogP) is 0.999. The number of rotatable bonds is 5. The summed E-state index contributed by atoms with van der Waals surface area (Å²) in [6.07, 6.45) is 3.19. The molecule has 0 fully saturated rings. The molecule has 0 unspecified atom stereocenters. The Morgan fingerprint density at radius 1 is 1.47 bits per heavy atom. The molecule has 1 aromatic heterocycles. The smallest absolute Gasteiger partial charge is 0.358 e. The molecule has 0 aliphatic rings. The lowest BCUT2D eigenvalue weighted by Gasteiger charge is -1.97. The molecule has 0 spiro atoms. The van der Waals surface area contributed by atoms with E-state index in [-0.39, 0.29) is 24.5 Å². The third-order valence-corrected chi connectivity index (χ3v) is 1.86. The number of H-pyrrole nitrogens is 1. The van der Waals surface area contributed by atoms with Gasteiger partial charge >= 0.3 is 11.5 Å². The minimum atomic E-state index is -0.583. The van der Waals surface area contributed by atoms with Crippen LogP contribution in [-0.2, 0) is 13.0 Å². The normalized spacial score (nSPS) is 9.87. The fourth-order valence-electron chi connectivity index (χ4n) is 1.31. The Morgan fingerprint density at radius 2 is 2.13 bits per heavy atom. The number of aromatic nitrogens is 2. The van der Waals surface area contributed by atoms with E-state index in [9.17, 15) is 14.9 Å². The molecular weight excluding hydrogens is 198 g/mol. The predicted molar refractivity (Wildman–Crippen MR) is 55.8 cm³/mol. The van der Waals surface area contributed by atoms with Crippen molar-refractivity contribution in [1.82, 2.24) is 9.55 Å². The summed E-state index contributed by atoms with van der Waals surface area (Å²) in [5.41, 5.74) is -0.236. The number of hydrogen-bond acceptors (Lipinski definition) is 3. The molecule has 0 aliphatic carbocycles. The van der Waals surface area contributed by atoms with Crippen LogP contribution in [0.5, 0.6) is 0 Å². The van der Waals surface area contributed by atoms with Gasteiger partial charge in [0.2, 0.25) is 0 Å². The van der Waals surface area contributed by atoms with Crippen LogP contribution in [0, 0.1) is 10.1 Å². The van der Waals surface area contributed by atoms with Gasteiger partial charge in [0.25, 0.3) is 0 Å². The molecular formula is C9H11N3O3. The van der Waals surface area contributed by atoms with Gasteiger partial charge in [-0.05, 0) is 4.92 Å². The van der Waals surface area contributed by atoms with Gasteiger partial charge in [-0.15, -0.1) is 6.58 Å². The van der Waals surface area contributed by atoms with Crippen LogP contribution in [0.3, 0.4) is 0 Å². The molecule has 0 aromatic carbocycles. The lowest BCUT2D eigenvalue weighted by atomic mass is 10.3. The molecule has 0 aliphatic heterocycles. The molecule has 0 radical (unpaired) electrons. The molecule has 15 heavy (non-hydrogen) atoms. The Morgan fingerprint density at radius 3 is 2.60 bits per heavy atom. The third kappa shape index (κ3) is 2.04. The van der Waals surface area contributed by atoms with Gasteiger partial charge < -0.3 is 10.1 Å². The summed E-state index contributed by atoms with van der Waals surface area (Å²) in [4.78, 5) is 24.0. The van der Waals surface area contributed by atoms with Crippen molar-refractivity contribution in [1.29, 1.82) is 0 Å². The lowest BCUT2D eigenvalue weighted by Crippen LogP contribution is -2.17. The van der Waals surface area contributed by atoms with Crippen molar-refractivity contribution < 1.29 is 4.92 Å². The number of allylic oxidation sites excluding steroid dienone is 2. The second-order valence-electron chi connectivity index (χ2n) is 2.88. The Bertz CT molecular complexity index is 456. The van der Waals surface area contributed by atoms with E-state index in [2.05, 4.69) is 18.1 Å². The van der Waals surface area contributed by atoms with Gasteiger partial charge in [0.15, 0.2) is 0 Å². The highest BCUT2D eigenvalue weighted by Gasteiger charge is 2.22. The van der Waals surface area contributed by atoms with Gasteiger partial charge in [0.1, 0.15) is 12.2 Å². The molecule has 1 rings (SSSR count). The molecule has 0 bridgehead atoms. The molecule has 80 valence electrons. The van der Waals surface area contributed by atoms with E-state index in [1.165, 1.54) is 12.2 Å². The molecule has 0 atom stereocenters. The number of hydrogen-bond donors (Lipinski definition) is 1. The number of nitro groups is 1. The maximum absolute atomic E-state index is 11.4. The molecule has 0 saturated carbocycles. The van der Waals surface area contributed by atoms with Crippen LogP contribution in [0.4, 0.5) is 5.82 Å². The maximum Gasteiger partial charge on any atom is 0.413 e. The Balaban J connectivity index is 3.36. The zero-order valence-corrected chi connectivity index (χ0v) is 8.10. The topological polar surface area (TPSA) is 80.9 Å². The van der Waals surface area contributed by atoms with Crippen LogP contribution in [-0.4, -0.2) is 14.5 Å². The first-order valence-electron chi connectivity index (χ1n) is 4.29. The van der Waals surface area contributed by atoms with Crippen molar-refractivity contribution in [2.45, 2.75) is 13.0 Å². The maximum atomic E-state index is 11.4. The fourth-order valence-corrected chi connectivity index (χ4v) is 1.31. The van der Waals surface area contributed by atoms with Crippen molar-refractivity contribution in [3.05, 3.63) is 51.6 Å². The summed E-state index contributed by atoms with van der Waals surface area (Å²) in [6.45, 7) is 7.02. The highest BCUT2D eigenvalue weighted by Crippen LogP contribution is 2.15. The molecule has 1 aromatic rings. The second-order valence-corrected chi connectivity index (χ2v) is 2.88. The highest BCUT2D eigenvalue weighted by atomic mass is 16.6. The highest BCUT2D eigenvalue weighted by molar-refractivity contribution is 5.29. The zero-order chi connectivity index (χ0) is 11.4. The fraction of sp³-hybridized carbons (Fsp3) is 0.222. The van der Waals surface area contributed by atoms with E-state index >= 15 is 0 Å². The molecule has 0 saturated heterocycles. The van der Waals surface area contributed by atoms with Gasteiger partial charge in [-0.2, -0.15) is 4.57 Å². The minimum absolute atomic E-state index is 0.114. The average Bonchev–Trinajstić information content (AvgIpc) is 2.44. The standard InChI is InChI=1S/C9H11N3O3/c1-3-5-7-8(12(14)15)11(6-4-2)9(13)10-7/h3-4H,1-2,5-6H2,(H,10,13). The number of nitrogens with one attached hydrogen (secondary N) is 1. The van der Waals surface area contributed by atoms with Gasteiger partial charge in [-0.25, -0.2) is 4.79 Å². The monoisotopic (exact) mass is 209 g/mol. The van der Waals surface area contributed by atoms with Crippen LogP contribution < -0.4 is 5.69 Å².